The summed E-state index contributed by atoms with van der Waals surface area (Å²) < 4.78 is 15.9. The van der Waals surface area contributed by atoms with Crippen LogP contribution in [0.25, 0.3) is 0 Å². The van der Waals surface area contributed by atoms with Crippen molar-refractivity contribution in [2.45, 2.75) is 19.5 Å². The number of fused-ring (bicyclic) bond motifs is 1. The van der Waals surface area contributed by atoms with Crippen LogP contribution in [0.1, 0.15) is 12.5 Å². The minimum absolute atomic E-state index is 0.0878. The molecule has 1 aromatic rings. The first-order valence-corrected chi connectivity index (χ1v) is 7.94. The largest absolute Gasteiger partial charge is 0.454 e. The molecule has 1 saturated heterocycles. The van der Waals surface area contributed by atoms with Gasteiger partial charge in [-0.2, -0.15) is 0 Å². The van der Waals surface area contributed by atoms with Crippen LogP contribution in [0.5, 0.6) is 11.5 Å². The second kappa shape index (κ2) is 7.52. The molecule has 2 heterocycles. The number of ether oxygens (including phenoxy) is 3. The van der Waals surface area contributed by atoms with E-state index in [-0.39, 0.29) is 18.9 Å². The summed E-state index contributed by atoms with van der Waals surface area (Å²) in [5.41, 5.74) is 0.977. The smallest absolute Gasteiger partial charge is 0.315 e. The van der Waals surface area contributed by atoms with Crippen molar-refractivity contribution < 1.29 is 19.0 Å². The average Bonchev–Trinajstić information content (AvgIpc) is 3.01. The van der Waals surface area contributed by atoms with Crippen LogP contribution in [0.4, 0.5) is 4.79 Å². The van der Waals surface area contributed by atoms with Crippen LogP contribution in [0, 0.1) is 0 Å². The van der Waals surface area contributed by atoms with Crippen LogP contribution >= 0.6 is 0 Å². The molecule has 0 unspecified atom stereocenters. The molecule has 3 rings (SSSR count). The van der Waals surface area contributed by atoms with Crippen LogP contribution in [0.15, 0.2) is 18.2 Å². The minimum atomic E-state index is -0.163. The van der Waals surface area contributed by atoms with Gasteiger partial charge in [0, 0.05) is 32.2 Å². The van der Waals surface area contributed by atoms with Crippen LogP contribution in [-0.4, -0.2) is 56.6 Å². The predicted octanol–water partition coefficient (Wildman–Crippen LogP) is 0.935. The number of nitrogens with zero attached hydrogens (tertiary/aromatic N) is 1. The second-order valence-electron chi connectivity index (χ2n) is 5.83. The van der Waals surface area contributed by atoms with E-state index in [0.717, 1.165) is 49.9 Å². The summed E-state index contributed by atoms with van der Waals surface area (Å²) >= 11 is 0. The van der Waals surface area contributed by atoms with Gasteiger partial charge in [-0.15, -0.1) is 0 Å². The Morgan fingerprint density at radius 2 is 2.04 bits per heavy atom. The third-order valence-corrected chi connectivity index (χ3v) is 3.90. The molecule has 0 radical (unpaired) electrons. The Labute approximate surface area is 135 Å². The molecule has 23 heavy (non-hydrogen) atoms. The van der Waals surface area contributed by atoms with Crippen molar-refractivity contribution in [3.8, 4) is 11.5 Å². The second-order valence-corrected chi connectivity index (χ2v) is 5.83. The van der Waals surface area contributed by atoms with Crippen LogP contribution < -0.4 is 20.1 Å². The highest BCUT2D eigenvalue weighted by atomic mass is 16.7. The van der Waals surface area contributed by atoms with E-state index < -0.39 is 0 Å². The molecular formula is C16H23N3O4. The van der Waals surface area contributed by atoms with Crippen molar-refractivity contribution in [1.29, 1.82) is 0 Å². The number of carbonyl (C=O) groups is 1. The molecule has 2 N–H and O–H groups in total. The zero-order chi connectivity index (χ0) is 16.1. The number of hydrogen-bond acceptors (Lipinski definition) is 5. The van der Waals surface area contributed by atoms with Crippen molar-refractivity contribution in [2.24, 2.45) is 0 Å². The Morgan fingerprint density at radius 3 is 2.87 bits per heavy atom. The van der Waals surface area contributed by atoms with E-state index >= 15 is 0 Å². The number of urea groups is 1. The molecule has 1 aromatic carbocycles. The average molecular weight is 321 g/mol. The molecule has 0 aliphatic carbocycles. The van der Waals surface area contributed by atoms with Gasteiger partial charge in [0.25, 0.3) is 0 Å². The van der Waals surface area contributed by atoms with Crippen molar-refractivity contribution in [3.05, 3.63) is 23.8 Å². The third kappa shape index (κ3) is 4.49. The number of hydrogen-bond donors (Lipinski definition) is 2. The quantitative estimate of drug-likeness (QED) is 0.844. The monoisotopic (exact) mass is 321 g/mol. The third-order valence-electron chi connectivity index (χ3n) is 3.90. The first-order valence-electron chi connectivity index (χ1n) is 7.94. The minimum Gasteiger partial charge on any atom is -0.454 e. The highest BCUT2D eigenvalue weighted by Gasteiger charge is 2.16. The SMILES string of the molecule is C[C@H](CN1CCOCC1)NC(=O)NCc1ccc2c(c1)OCO2. The van der Waals surface area contributed by atoms with E-state index in [4.69, 9.17) is 14.2 Å². The molecule has 126 valence electrons. The highest BCUT2D eigenvalue weighted by molar-refractivity contribution is 5.74. The Hall–Kier alpha value is -1.99. The van der Waals surface area contributed by atoms with Crippen LogP contribution in [0.2, 0.25) is 0 Å². The zero-order valence-electron chi connectivity index (χ0n) is 13.3. The number of carbonyl (C=O) groups excluding carboxylic acids is 1. The molecule has 0 saturated carbocycles. The maximum absolute atomic E-state index is 12.0. The Balaban J connectivity index is 1.40. The summed E-state index contributed by atoms with van der Waals surface area (Å²) in [7, 11) is 0. The number of nitrogens with one attached hydrogen (secondary N) is 2. The van der Waals surface area contributed by atoms with Crippen LogP contribution in [-0.2, 0) is 11.3 Å². The van der Waals surface area contributed by atoms with Gasteiger partial charge in [0.05, 0.1) is 13.2 Å². The molecule has 0 aromatic heterocycles. The van der Waals surface area contributed by atoms with Gasteiger partial charge in [-0.25, -0.2) is 4.79 Å². The van der Waals surface area contributed by atoms with E-state index in [1.807, 2.05) is 25.1 Å². The Bertz CT molecular complexity index is 546. The topological polar surface area (TPSA) is 72.1 Å². The molecule has 7 heteroatoms. The van der Waals surface area contributed by atoms with Crippen molar-refractivity contribution in [2.75, 3.05) is 39.6 Å². The molecule has 7 nitrogen and oxygen atoms in total. The predicted molar refractivity (Wildman–Crippen MR) is 84.7 cm³/mol. The highest BCUT2D eigenvalue weighted by Crippen LogP contribution is 2.32. The molecule has 0 bridgehead atoms. The lowest BCUT2D eigenvalue weighted by atomic mass is 10.2. The van der Waals surface area contributed by atoms with Gasteiger partial charge in [-0.3, -0.25) is 4.90 Å². The van der Waals surface area contributed by atoms with E-state index in [1.165, 1.54) is 0 Å². The fraction of sp³-hybridized carbons (Fsp3) is 0.562. The summed E-state index contributed by atoms with van der Waals surface area (Å²) in [6.45, 7) is 6.93. The summed E-state index contributed by atoms with van der Waals surface area (Å²) in [5, 5.41) is 5.83. The van der Waals surface area contributed by atoms with E-state index in [9.17, 15) is 4.79 Å². The fourth-order valence-electron chi connectivity index (χ4n) is 2.72. The lowest BCUT2D eigenvalue weighted by molar-refractivity contribution is 0.0349. The van der Waals surface area contributed by atoms with E-state index in [2.05, 4.69) is 15.5 Å². The maximum Gasteiger partial charge on any atom is 0.315 e. The zero-order valence-corrected chi connectivity index (χ0v) is 13.3. The molecular weight excluding hydrogens is 298 g/mol. The summed E-state index contributed by atoms with van der Waals surface area (Å²) in [6, 6.07) is 5.59. The number of benzene rings is 1. The van der Waals surface area contributed by atoms with Gasteiger partial charge in [0.2, 0.25) is 6.79 Å². The molecule has 0 spiro atoms. The molecule has 1 atom stereocenters. The van der Waals surface area contributed by atoms with E-state index in [0.29, 0.717) is 6.54 Å². The lowest BCUT2D eigenvalue weighted by Crippen LogP contribution is -2.48. The maximum atomic E-state index is 12.0. The van der Waals surface area contributed by atoms with E-state index in [1.54, 1.807) is 0 Å². The fourth-order valence-corrected chi connectivity index (χ4v) is 2.72. The van der Waals surface area contributed by atoms with Crippen LogP contribution in [0.3, 0.4) is 0 Å². The Kier molecular flexibility index (Phi) is 5.19. The number of rotatable bonds is 5. The molecule has 2 aliphatic heterocycles. The summed E-state index contributed by atoms with van der Waals surface area (Å²) in [5.74, 6) is 1.47. The molecule has 1 fully saturated rings. The standard InChI is InChI=1S/C16H23N3O4/c1-12(10-19-4-6-21-7-5-19)18-16(20)17-9-13-2-3-14-15(8-13)23-11-22-14/h2-3,8,12H,4-7,9-11H2,1H3,(H2,17,18,20)/t12-/m1/s1. The molecule has 2 amide bonds. The first kappa shape index (κ1) is 15.9. The van der Waals surface area contributed by atoms with Gasteiger partial charge in [0.15, 0.2) is 11.5 Å². The van der Waals surface area contributed by atoms with Gasteiger partial charge >= 0.3 is 6.03 Å². The van der Waals surface area contributed by atoms with Crippen molar-refractivity contribution in [3.63, 3.8) is 0 Å². The van der Waals surface area contributed by atoms with Gasteiger partial charge in [0.1, 0.15) is 0 Å². The molecule has 2 aliphatic rings. The van der Waals surface area contributed by atoms with Crippen molar-refractivity contribution >= 4 is 6.03 Å². The van der Waals surface area contributed by atoms with Gasteiger partial charge < -0.3 is 24.8 Å². The first-order chi connectivity index (χ1) is 11.2. The number of morpholine rings is 1. The normalized spacial score (nSPS) is 18.5. The van der Waals surface area contributed by atoms with Crippen molar-refractivity contribution in [1.82, 2.24) is 15.5 Å². The number of amides is 2. The van der Waals surface area contributed by atoms with Gasteiger partial charge in [-0.05, 0) is 24.6 Å². The lowest BCUT2D eigenvalue weighted by Gasteiger charge is -2.29. The summed E-state index contributed by atoms with van der Waals surface area (Å²) in [4.78, 5) is 14.3. The summed E-state index contributed by atoms with van der Waals surface area (Å²) in [6.07, 6.45) is 0. The van der Waals surface area contributed by atoms with Gasteiger partial charge in [-0.1, -0.05) is 6.07 Å². The Morgan fingerprint density at radius 1 is 1.26 bits per heavy atom.